The van der Waals surface area contributed by atoms with Crippen LogP contribution in [0.15, 0.2) is 18.2 Å². The molecule has 9 heteroatoms. The summed E-state index contributed by atoms with van der Waals surface area (Å²) in [5.41, 5.74) is 4.14. The van der Waals surface area contributed by atoms with E-state index in [-0.39, 0.29) is 18.0 Å². The summed E-state index contributed by atoms with van der Waals surface area (Å²) in [7, 11) is 1.56. The van der Waals surface area contributed by atoms with Crippen LogP contribution in [0.1, 0.15) is 48.3 Å². The maximum atomic E-state index is 12.1. The maximum Gasteiger partial charge on any atom is 0.320 e. The van der Waals surface area contributed by atoms with E-state index in [0.29, 0.717) is 24.7 Å². The third kappa shape index (κ3) is 4.44. The zero-order valence-corrected chi connectivity index (χ0v) is 19.8. The molecule has 1 atom stereocenters. The highest BCUT2D eigenvalue weighted by Crippen LogP contribution is 2.34. The molecule has 4 heterocycles. The molecule has 5 rings (SSSR count). The lowest BCUT2D eigenvalue weighted by Gasteiger charge is -2.38. The molecule has 3 aliphatic rings. The Morgan fingerprint density at radius 1 is 1.18 bits per heavy atom. The standard InChI is InChI=1S/C25H32N6O3/c1-16-11-18(14-26)21(12-20(16)17-5-9-34-10-6-17)27-22-13-23(29-25(28-22)33-2)30-7-8-31-19(15-30)3-4-24(31)32/h11-14,17,19,26H,3-10,15H2,1-2H3,(H,27,28,29). The molecule has 3 fully saturated rings. The number of aromatic nitrogens is 2. The number of fused-ring (bicyclic) bond motifs is 1. The van der Waals surface area contributed by atoms with Crippen molar-refractivity contribution in [1.82, 2.24) is 14.9 Å². The Morgan fingerprint density at radius 2 is 2.00 bits per heavy atom. The van der Waals surface area contributed by atoms with Gasteiger partial charge in [-0.15, -0.1) is 0 Å². The van der Waals surface area contributed by atoms with Crippen molar-refractivity contribution in [3.8, 4) is 6.01 Å². The zero-order valence-electron chi connectivity index (χ0n) is 19.8. The van der Waals surface area contributed by atoms with Gasteiger partial charge in [0.1, 0.15) is 11.6 Å². The fraction of sp³-hybridized carbons (Fsp3) is 0.520. The predicted octanol–water partition coefficient (Wildman–Crippen LogP) is 3.24. The van der Waals surface area contributed by atoms with Crippen LogP contribution >= 0.6 is 0 Å². The summed E-state index contributed by atoms with van der Waals surface area (Å²) in [6.45, 7) is 5.88. The summed E-state index contributed by atoms with van der Waals surface area (Å²) in [4.78, 5) is 25.4. The summed E-state index contributed by atoms with van der Waals surface area (Å²) < 4.78 is 11.0. The van der Waals surface area contributed by atoms with Crippen molar-refractivity contribution in [3.05, 3.63) is 34.9 Å². The minimum absolute atomic E-state index is 0.238. The van der Waals surface area contributed by atoms with E-state index in [1.54, 1.807) is 7.11 Å². The predicted molar refractivity (Wildman–Crippen MR) is 131 cm³/mol. The summed E-state index contributed by atoms with van der Waals surface area (Å²) in [5, 5.41) is 11.4. The number of methoxy groups -OCH3 is 1. The highest BCUT2D eigenvalue weighted by molar-refractivity contribution is 5.88. The molecule has 0 bridgehead atoms. The molecule has 3 saturated heterocycles. The lowest BCUT2D eigenvalue weighted by Crippen LogP contribution is -2.51. The first-order chi connectivity index (χ1) is 16.6. The fourth-order valence-corrected chi connectivity index (χ4v) is 5.36. The molecular weight excluding hydrogens is 432 g/mol. The number of ether oxygens (including phenoxy) is 2. The van der Waals surface area contributed by atoms with Gasteiger partial charge in [-0.2, -0.15) is 9.97 Å². The molecule has 1 aromatic heterocycles. The van der Waals surface area contributed by atoms with Crippen LogP contribution in [0.2, 0.25) is 0 Å². The molecule has 2 N–H and O–H groups in total. The number of carbonyl (C=O) groups excluding carboxylic acids is 1. The highest BCUT2D eigenvalue weighted by atomic mass is 16.5. The second kappa shape index (κ2) is 9.58. The summed E-state index contributed by atoms with van der Waals surface area (Å²) in [5.74, 6) is 2.11. The molecule has 1 aromatic carbocycles. The Balaban J connectivity index is 1.43. The number of nitrogens with one attached hydrogen (secondary N) is 2. The van der Waals surface area contributed by atoms with E-state index >= 15 is 0 Å². The fourth-order valence-electron chi connectivity index (χ4n) is 5.36. The monoisotopic (exact) mass is 464 g/mol. The quantitative estimate of drug-likeness (QED) is 0.633. The van der Waals surface area contributed by atoms with Crippen LogP contribution < -0.4 is 15.0 Å². The normalized spacial score (nSPS) is 20.9. The van der Waals surface area contributed by atoms with Gasteiger partial charge in [-0.3, -0.25) is 4.79 Å². The first kappa shape index (κ1) is 22.6. The molecule has 1 amide bonds. The average Bonchev–Trinajstić information content (AvgIpc) is 3.25. The van der Waals surface area contributed by atoms with Gasteiger partial charge in [-0.1, -0.05) is 0 Å². The van der Waals surface area contributed by atoms with Crippen LogP contribution in [0.25, 0.3) is 0 Å². The highest BCUT2D eigenvalue weighted by Gasteiger charge is 2.36. The van der Waals surface area contributed by atoms with Crippen molar-refractivity contribution in [1.29, 1.82) is 5.41 Å². The number of aryl methyl sites for hydroxylation is 1. The number of piperazine rings is 1. The van der Waals surface area contributed by atoms with Crippen molar-refractivity contribution < 1.29 is 14.3 Å². The van der Waals surface area contributed by atoms with Gasteiger partial charge < -0.3 is 30.0 Å². The molecule has 34 heavy (non-hydrogen) atoms. The van der Waals surface area contributed by atoms with Crippen molar-refractivity contribution in [2.24, 2.45) is 0 Å². The Bertz CT molecular complexity index is 1080. The number of hydrogen-bond acceptors (Lipinski definition) is 8. The van der Waals surface area contributed by atoms with Crippen LogP contribution in [-0.2, 0) is 9.53 Å². The van der Waals surface area contributed by atoms with Crippen molar-refractivity contribution in [2.45, 2.75) is 44.6 Å². The molecule has 3 aliphatic heterocycles. The smallest absolute Gasteiger partial charge is 0.320 e. The third-order valence-electron chi connectivity index (χ3n) is 7.21. The number of benzene rings is 1. The zero-order chi connectivity index (χ0) is 23.7. The molecule has 9 nitrogen and oxygen atoms in total. The lowest BCUT2D eigenvalue weighted by atomic mass is 9.87. The number of anilines is 3. The summed E-state index contributed by atoms with van der Waals surface area (Å²) in [6, 6.07) is 6.68. The average molecular weight is 465 g/mol. The molecule has 1 unspecified atom stereocenters. The Labute approximate surface area is 200 Å². The van der Waals surface area contributed by atoms with Gasteiger partial charge >= 0.3 is 6.01 Å². The van der Waals surface area contributed by atoms with Gasteiger partial charge in [-0.25, -0.2) is 0 Å². The molecule has 2 aromatic rings. The molecule has 0 spiro atoms. The Kier molecular flexibility index (Phi) is 6.36. The third-order valence-corrected chi connectivity index (χ3v) is 7.21. The number of carbonyl (C=O) groups is 1. The topological polar surface area (TPSA) is 104 Å². The van der Waals surface area contributed by atoms with E-state index in [9.17, 15) is 4.79 Å². The number of amides is 1. The van der Waals surface area contributed by atoms with Gasteiger partial charge in [0.2, 0.25) is 5.91 Å². The number of hydrogen-bond donors (Lipinski definition) is 2. The second-order valence-corrected chi connectivity index (χ2v) is 9.28. The van der Waals surface area contributed by atoms with E-state index in [1.807, 2.05) is 11.0 Å². The largest absolute Gasteiger partial charge is 0.467 e. The minimum atomic E-state index is 0.238. The molecular formula is C25H32N6O3. The Hall–Kier alpha value is -3.20. The van der Waals surface area contributed by atoms with Gasteiger partial charge in [0.15, 0.2) is 0 Å². The lowest BCUT2D eigenvalue weighted by molar-refractivity contribution is -0.129. The maximum absolute atomic E-state index is 12.1. The van der Waals surface area contributed by atoms with Gasteiger partial charge in [0.25, 0.3) is 0 Å². The van der Waals surface area contributed by atoms with E-state index in [0.717, 1.165) is 62.6 Å². The van der Waals surface area contributed by atoms with Crippen LogP contribution in [-0.4, -0.2) is 73.0 Å². The van der Waals surface area contributed by atoms with E-state index in [4.69, 9.17) is 14.9 Å². The summed E-state index contributed by atoms with van der Waals surface area (Å²) >= 11 is 0. The number of rotatable bonds is 6. The van der Waals surface area contributed by atoms with Crippen molar-refractivity contribution >= 4 is 29.4 Å². The van der Waals surface area contributed by atoms with Crippen LogP contribution in [0.3, 0.4) is 0 Å². The molecule has 0 radical (unpaired) electrons. The second-order valence-electron chi connectivity index (χ2n) is 9.28. The number of nitrogens with zero attached hydrogens (tertiary/aromatic N) is 4. The van der Waals surface area contributed by atoms with Crippen LogP contribution in [0, 0.1) is 12.3 Å². The molecule has 0 saturated carbocycles. The van der Waals surface area contributed by atoms with E-state index in [1.165, 1.54) is 17.3 Å². The van der Waals surface area contributed by atoms with E-state index in [2.05, 4.69) is 39.2 Å². The SMILES string of the molecule is COc1nc(Nc2cc(C3CCOCC3)c(C)cc2C=N)cc(N2CCN3C(=O)CCC3C2)n1. The van der Waals surface area contributed by atoms with Crippen molar-refractivity contribution in [3.63, 3.8) is 0 Å². The minimum Gasteiger partial charge on any atom is -0.467 e. The van der Waals surface area contributed by atoms with Crippen LogP contribution in [0.5, 0.6) is 6.01 Å². The first-order valence-corrected chi connectivity index (χ1v) is 12.0. The van der Waals surface area contributed by atoms with Gasteiger partial charge in [0, 0.05) is 68.8 Å². The van der Waals surface area contributed by atoms with Gasteiger partial charge in [0.05, 0.1) is 7.11 Å². The Morgan fingerprint density at radius 3 is 2.76 bits per heavy atom. The van der Waals surface area contributed by atoms with E-state index < -0.39 is 0 Å². The molecule has 180 valence electrons. The van der Waals surface area contributed by atoms with Crippen LogP contribution in [0.4, 0.5) is 17.3 Å². The van der Waals surface area contributed by atoms with Gasteiger partial charge in [-0.05, 0) is 55.4 Å². The molecule has 0 aliphatic carbocycles. The first-order valence-electron chi connectivity index (χ1n) is 12.0. The van der Waals surface area contributed by atoms with Crippen molar-refractivity contribution in [2.75, 3.05) is 50.2 Å². The summed E-state index contributed by atoms with van der Waals surface area (Å²) in [6.07, 6.45) is 4.91.